The van der Waals surface area contributed by atoms with Gasteiger partial charge in [-0.2, -0.15) is 0 Å². The van der Waals surface area contributed by atoms with Gasteiger partial charge in [0.15, 0.2) is 5.82 Å². The molecule has 0 bridgehead atoms. The summed E-state index contributed by atoms with van der Waals surface area (Å²) < 4.78 is 0. The van der Waals surface area contributed by atoms with Crippen LogP contribution in [0.3, 0.4) is 0 Å². The van der Waals surface area contributed by atoms with E-state index in [1.807, 2.05) is 31.2 Å². The second-order valence-corrected chi connectivity index (χ2v) is 5.89. The minimum absolute atomic E-state index is 0.189. The number of para-hydroxylation sites is 1. The van der Waals surface area contributed by atoms with Crippen LogP contribution in [0.4, 0.5) is 5.82 Å². The third-order valence-electron chi connectivity index (χ3n) is 3.99. The normalized spacial score (nSPS) is 12.3. The first-order valence-corrected chi connectivity index (χ1v) is 7.91. The summed E-state index contributed by atoms with van der Waals surface area (Å²) in [5.74, 6) is 1.53. The molecule has 0 aliphatic rings. The van der Waals surface area contributed by atoms with Crippen molar-refractivity contribution in [3.63, 3.8) is 0 Å². The first kappa shape index (κ1) is 15.3. The molecule has 3 rings (SSSR count). The summed E-state index contributed by atoms with van der Waals surface area (Å²) in [6.45, 7) is 6.31. The van der Waals surface area contributed by atoms with Crippen molar-refractivity contribution in [3.05, 3.63) is 48.0 Å². The molecule has 0 amide bonds. The van der Waals surface area contributed by atoms with Crippen LogP contribution < -0.4 is 5.32 Å². The topological polar surface area (TPSA) is 58.0 Å². The van der Waals surface area contributed by atoms with Crippen molar-refractivity contribution in [1.82, 2.24) is 9.97 Å². The largest absolute Gasteiger partial charge is 0.507 e. The summed E-state index contributed by atoms with van der Waals surface area (Å²) in [4.78, 5) is 9.32. The average Bonchev–Trinajstić information content (AvgIpc) is 2.54. The molecule has 0 aliphatic carbocycles. The number of phenols is 1. The van der Waals surface area contributed by atoms with Crippen molar-refractivity contribution in [2.24, 2.45) is 0 Å². The van der Waals surface area contributed by atoms with Crippen molar-refractivity contribution in [2.45, 2.75) is 33.2 Å². The van der Waals surface area contributed by atoms with E-state index < -0.39 is 0 Å². The molecule has 3 aromatic rings. The molecule has 2 aromatic carbocycles. The van der Waals surface area contributed by atoms with Crippen molar-refractivity contribution in [1.29, 1.82) is 0 Å². The van der Waals surface area contributed by atoms with Gasteiger partial charge in [-0.15, -0.1) is 0 Å². The Labute approximate surface area is 136 Å². The van der Waals surface area contributed by atoms with E-state index >= 15 is 0 Å². The molecule has 1 atom stereocenters. The lowest BCUT2D eigenvalue weighted by Crippen LogP contribution is -2.15. The van der Waals surface area contributed by atoms with Crippen LogP contribution in [0, 0.1) is 6.92 Å². The number of fused-ring (bicyclic) bond motifs is 1. The number of anilines is 1. The lowest BCUT2D eigenvalue weighted by atomic mass is 10.1. The quantitative estimate of drug-likeness (QED) is 0.744. The van der Waals surface area contributed by atoms with Crippen molar-refractivity contribution in [3.8, 4) is 17.1 Å². The molecule has 0 radical (unpaired) electrons. The van der Waals surface area contributed by atoms with Crippen LogP contribution in [-0.4, -0.2) is 21.1 Å². The zero-order valence-corrected chi connectivity index (χ0v) is 13.7. The Kier molecular flexibility index (Phi) is 4.15. The summed E-state index contributed by atoms with van der Waals surface area (Å²) >= 11 is 0. The SMILES string of the molecule is CC[C@H](C)Nc1nc(-c2ccccc2O)nc2cc(C)ccc12. The number of nitrogens with zero attached hydrogens (tertiary/aromatic N) is 2. The number of hydrogen-bond acceptors (Lipinski definition) is 4. The first-order chi connectivity index (χ1) is 11.1. The molecule has 0 saturated heterocycles. The molecule has 4 nitrogen and oxygen atoms in total. The van der Waals surface area contributed by atoms with E-state index in [0.717, 1.165) is 28.7 Å². The number of nitrogens with one attached hydrogen (secondary N) is 1. The van der Waals surface area contributed by atoms with Crippen LogP contribution >= 0.6 is 0 Å². The zero-order valence-electron chi connectivity index (χ0n) is 13.7. The molecule has 1 aromatic heterocycles. The molecule has 23 heavy (non-hydrogen) atoms. The second kappa shape index (κ2) is 6.24. The first-order valence-electron chi connectivity index (χ1n) is 7.91. The van der Waals surface area contributed by atoms with E-state index in [1.165, 1.54) is 0 Å². The van der Waals surface area contributed by atoms with Gasteiger partial charge in [-0.3, -0.25) is 0 Å². The molecule has 1 heterocycles. The number of hydrogen-bond donors (Lipinski definition) is 2. The van der Waals surface area contributed by atoms with Gasteiger partial charge in [0.2, 0.25) is 0 Å². The molecular weight excluding hydrogens is 286 g/mol. The van der Waals surface area contributed by atoms with Crippen molar-refractivity contribution < 1.29 is 5.11 Å². The van der Waals surface area contributed by atoms with E-state index in [-0.39, 0.29) is 5.75 Å². The number of aromatic nitrogens is 2. The third-order valence-corrected chi connectivity index (χ3v) is 3.99. The minimum Gasteiger partial charge on any atom is -0.507 e. The van der Waals surface area contributed by atoms with Gasteiger partial charge in [0, 0.05) is 11.4 Å². The van der Waals surface area contributed by atoms with Gasteiger partial charge in [-0.25, -0.2) is 9.97 Å². The fourth-order valence-corrected chi connectivity index (χ4v) is 2.47. The number of benzene rings is 2. The Bertz CT molecular complexity index is 845. The molecule has 0 saturated carbocycles. The summed E-state index contributed by atoms with van der Waals surface area (Å²) in [5.41, 5.74) is 2.67. The van der Waals surface area contributed by atoms with Gasteiger partial charge in [-0.05, 0) is 50.1 Å². The Balaban J connectivity index is 2.21. The summed E-state index contributed by atoms with van der Waals surface area (Å²) in [5, 5.41) is 14.6. The highest BCUT2D eigenvalue weighted by Gasteiger charge is 2.13. The molecule has 4 heteroatoms. The Morgan fingerprint density at radius 2 is 1.91 bits per heavy atom. The van der Waals surface area contributed by atoms with Crippen LogP contribution in [0.15, 0.2) is 42.5 Å². The molecule has 0 spiro atoms. The van der Waals surface area contributed by atoms with Crippen molar-refractivity contribution >= 4 is 16.7 Å². The molecule has 0 unspecified atom stereocenters. The van der Waals surface area contributed by atoms with E-state index in [2.05, 4.69) is 35.2 Å². The van der Waals surface area contributed by atoms with Gasteiger partial charge in [0.1, 0.15) is 11.6 Å². The average molecular weight is 307 g/mol. The van der Waals surface area contributed by atoms with Gasteiger partial charge in [0.25, 0.3) is 0 Å². The highest BCUT2D eigenvalue weighted by atomic mass is 16.3. The molecule has 0 fully saturated rings. The van der Waals surface area contributed by atoms with E-state index in [9.17, 15) is 5.11 Å². The van der Waals surface area contributed by atoms with E-state index in [1.54, 1.807) is 12.1 Å². The predicted octanol–water partition coefficient (Wildman–Crippen LogP) is 4.52. The van der Waals surface area contributed by atoms with Crippen molar-refractivity contribution in [2.75, 3.05) is 5.32 Å². The number of phenolic OH excluding ortho intramolecular Hbond substituents is 1. The number of aryl methyl sites for hydroxylation is 1. The maximum absolute atomic E-state index is 10.1. The monoisotopic (exact) mass is 307 g/mol. The Hall–Kier alpha value is -2.62. The van der Waals surface area contributed by atoms with Crippen LogP contribution in [0.1, 0.15) is 25.8 Å². The highest BCUT2D eigenvalue weighted by Crippen LogP contribution is 2.30. The maximum Gasteiger partial charge on any atom is 0.165 e. The van der Waals surface area contributed by atoms with Gasteiger partial charge in [-0.1, -0.05) is 25.1 Å². The lowest BCUT2D eigenvalue weighted by Gasteiger charge is -2.16. The van der Waals surface area contributed by atoms with Crippen LogP contribution in [0.25, 0.3) is 22.3 Å². The van der Waals surface area contributed by atoms with Gasteiger partial charge < -0.3 is 10.4 Å². The standard InChI is InChI=1S/C19H21N3O/c1-4-13(3)20-18-14-10-9-12(2)11-16(14)21-19(22-18)15-7-5-6-8-17(15)23/h5-11,13,23H,4H2,1-3H3,(H,20,21,22)/t13-/m0/s1. The summed E-state index contributed by atoms with van der Waals surface area (Å²) in [6.07, 6.45) is 1.00. The molecular formula is C19H21N3O. The van der Waals surface area contributed by atoms with E-state index in [0.29, 0.717) is 17.4 Å². The van der Waals surface area contributed by atoms with Gasteiger partial charge >= 0.3 is 0 Å². The minimum atomic E-state index is 0.189. The van der Waals surface area contributed by atoms with Crippen LogP contribution in [0.5, 0.6) is 5.75 Å². The Morgan fingerprint density at radius 1 is 1.13 bits per heavy atom. The molecule has 0 aliphatic heterocycles. The number of aromatic hydroxyl groups is 1. The highest BCUT2D eigenvalue weighted by molar-refractivity contribution is 5.91. The molecule has 2 N–H and O–H groups in total. The fraction of sp³-hybridized carbons (Fsp3) is 0.263. The maximum atomic E-state index is 10.1. The van der Waals surface area contributed by atoms with Crippen LogP contribution in [0.2, 0.25) is 0 Å². The van der Waals surface area contributed by atoms with Crippen LogP contribution in [-0.2, 0) is 0 Å². The zero-order chi connectivity index (χ0) is 16.4. The van der Waals surface area contributed by atoms with Gasteiger partial charge in [0.05, 0.1) is 11.1 Å². The second-order valence-electron chi connectivity index (χ2n) is 5.89. The Morgan fingerprint density at radius 3 is 2.65 bits per heavy atom. The summed E-state index contributed by atoms with van der Waals surface area (Å²) in [6, 6.07) is 13.6. The summed E-state index contributed by atoms with van der Waals surface area (Å²) in [7, 11) is 0. The lowest BCUT2D eigenvalue weighted by molar-refractivity contribution is 0.477. The number of rotatable bonds is 4. The van der Waals surface area contributed by atoms with E-state index in [4.69, 9.17) is 0 Å². The smallest absolute Gasteiger partial charge is 0.165 e. The molecule has 118 valence electrons. The third kappa shape index (κ3) is 3.11. The predicted molar refractivity (Wildman–Crippen MR) is 94.8 cm³/mol. The fourth-order valence-electron chi connectivity index (χ4n) is 2.47.